The van der Waals surface area contributed by atoms with Gasteiger partial charge in [-0.1, -0.05) is 13.3 Å². The maximum atomic E-state index is 11.8. The molecule has 1 saturated heterocycles. The Labute approximate surface area is 165 Å². The number of ether oxygens (including phenoxy) is 1. The number of nitrogen functional groups attached to an aromatic ring is 2. The molecule has 2 aromatic rings. The smallest absolute Gasteiger partial charge is 0.338 e. The number of piperazine rings is 1. The molecular formula is C20H28N6O2. The van der Waals surface area contributed by atoms with E-state index < -0.39 is 0 Å². The highest BCUT2D eigenvalue weighted by molar-refractivity contribution is 5.89. The van der Waals surface area contributed by atoms with Crippen molar-refractivity contribution in [2.24, 2.45) is 0 Å². The molecule has 28 heavy (non-hydrogen) atoms. The fraction of sp³-hybridized carbons (Fsp3) is 0.450. The fourth-order valence-electron chi connectivity index (χ4n) is 3.51. The number of anilines is 4. The molecule has 1 aromatic heterocycles. The number of aromatic nitrogens is 2. The quantitative estimate of drug-likeness (QED) is 0.729. The average molecular weight is 384 g/mol. The van der Waals surface area contributed by atoms with Crippen LogP contribution in [0.15, 0.2) is 24.3 Å². The number of nitrogens with zero attached hydrogens (tertiary/aromatic N) is 4. The molecule has 0 amide bonds. The van der Waals surface area contributed by atoms with Gasteiger partial charge in [0.25, 0.3) is 0 Å². The Balaban J connectivity index is 1.69. The molecule has 1 fully saturated rings. The minimum absolute atomic E-state index is 0.227. The summed E-state index contributed by atoms with van der Waals surface area (Å²) >= 11 is 0. The topological polar surface area (TPSA) is 111 Å². The Morgan fingerprint density at radius 2 is 1.68 bits per heavy atom. The van der Waals surface area contributed by atoms with E-state index in [-0.39, 0.29) is 11.9 Å². The molecule has 1 aliphatic rings. The Kier molecular flexibility index (Phi) is 6.18. The first-order valence-electron chi connectivity index (χ1n) is 9.72. The van der Waals surface area contributed by atoms with Crippen LogP contribution >= 0.6 is 0 Å². The summed E-state index contributed by atoms with van der Waals surface area (Å²) in [5.74, 6) is 0.384. The molecule has 2 heterocycles. The van der Waals surface area contributed by atoms with Crippen LogP contribution in [0.4, 0.5) is 23.1 Å². The highest BCUT2D eigenvalue weighted by Crippen LogP contribution is 2.29. The summed E-state index contributed by atoms with van der Waals surface area (Å²) in [6.07, 6.45) is 1.79. The number of rotatable bonds is 6. The monoisotopic (exact) mass is 384 g/mol. The van der Waals surface area contributed by atoms with Crippen LogP contribution < -0.4 is 21.3 Å². The Hall–Kier alpha value is -3.03. The number of hydrogen-bond acceptors (Lipinski definition) is 8. The van der Waals surface area contributed by atoms with Crippen molar-refractivity contribution in [3.05, 3.63) is 35.5 Å². The standard InChI is InChI=1S/C20H28N6O2/c1-3-5-16-17(18(21)24-20(22)23-16)26-12-10-25(11-13-26)15-8-6-14(7-9-15)19(27)28-4-2/h6-9H,3-5,10-13H2,1-2H3,(H4,21,22,23,24). The van der Waals surface area contributed by atoms with E-state index >= 15 is 0 Å². The predicted molar refractivity (Wildman–Crippen MR) is 112 cm³/mol. The van der Waals surface area contributed by atoms with Crippen molar-refractivity contribution in [1.82, 2.24) is 9.97 Å². The van der Waals surface area contributed by atoms with E-state index in [9.17, 15) is 4.79 Å². The molecule has 3 rings (SSSR count). The predicted octanol–water partition coefficient (Wildman–Crippen LogP) is 2.10. The van der Waals surface area contributed by atoms with Gasteiger partial charge in [0, 0.05) is 31.9 Å². The van der Waals surface area contributed by atoms with Gasteiger partial charge in [-0.2, -0.15) is 4.98 Å². The normalized spacial score (nSPS) is 14.2. The fourth-order valence-corrected chi connectivity index (χ4v) is 3.51. The van der Waals surface area contributed by atoms with Crippen molar-refractivity contribution in [2.75, 3.05) is 54.1 Å². The zero-order valence-electron chi connectivity index (χ0n) is 16.5. The minimum Gasteiger partial charge on any atom is -0.462 e. The van der Waals surface area contributed by atoms with E-state index in [0.29, 0.717) is 18.0 Å². The summed E-state index contributed by atoms with van der Waals surface area (Å²) < 4.78 is 5.04. The number of benzene rings is 1. The molecule has 4 N–H and O–H groups in total. The molecule has 0 unspecified atom stereocenters. The molecule has 0 spiro atoms. The van der Waals surface area contributed by atoms with E-state index in [1.165, 1.54) is 0 Å². The molecular weight excluding hydrogens is 356 g/mol. The number of hydrogen-bond donors (Lipinski definition) is 2. The molecule has 150 valence electrons. The van der Waals surface area contributed by atoms with Crippen molar-refractivity contribution >= 4 is 29.1 Å². The molecule has 0 bridgehead atoms. The zero-order valence-corrected chi connectivity index (χ0v) is 16.5. The maximum Gasteiger partial charge on any atom is 0.338 e. The number of carbonyl (C=O) groups is 1. The van der Waals surface area contributed by atoms with Crippen molar-refractivity contribution < 1.29 is 9.53 Å². The van der Waals surface area contributed by atoms with E-state index in [0.717, 1.165) is 56.1 Å². The lowest BCUT2D eigenvalue weighted by Crippen LogP contribution is -2.47. The van der Waals surface area contributed by atoms with Crippen LogP contribution in [0, 0.1) is 0 Å². The van der Waals surface area contributed by atoms with E-state index in [1.54, 1.807) is 6.92 Å². The second-order valence-electron chi connectivity index (χ2n) is 6.75. The molecule has 0 atom stereocenters. The maximum absolute atomic E-state index is 11.8. The summed E-state index contributed by atoms with van der Waals surface area (Å²) in [6, 6.07) is 7.55. The third-order valence-electron chi connectivity index (χ3n) is 4.83. The van der Waals surface area contributed by atoms with E-state index in [1.807, 2.05) is 24.3 Å². The number of esters is 1. The molecule has 0 radical (unpaired) electrons. The highest BCUT2D eigenvalue weighted by atomic mass is 16.5. The summed E-state index contributed by atoms with van der Waals surface area (Å²) in [6.45, 7) is 7.59. The number of aryl methyl sites for hydroxylation is 1. The Morgan fingerprint density at radius 3 is 2.29 bits per heavy atom. The molecule has 8 heteroatoms. The van der Waals surface area contributed by atoms with Gasteiger partial charge in [0.05, 0.1) is 17.9 Å². The van der Waals surface area contributed by atoms with Crippen molar-refractivity contribution in [1.29, 1.82) is 0 Å². The van der Waals surface area contributed by atoms with Crippen LogP contribution in [0.2, 0.25) is 0 Å². The lowest BCUT2D eigenvalue weighted by molar-refractivity contribution is 0.0526. The van der Waals surface area contributed by atoms with Gasteiger partial charge < -0.3 is 26.0 Å². The van der Waals surface area contributed by atoms with Crippen LogP contribution in [-0.4, -0.2) is 48.7 Å². The van der Waals surface area contributed by atoms with Crippen LogP contribution in [0.5, 0.6) is 0 Å². The molecule has 1 aliphatic heterocycles. The summed E-state index contributed by atoms with van der Waals surface area (Å²) in [7, 11) is 0. The SMILES string of the molecule is CCCc1nc(N)nc(N)c1N1CCN(c2ccc(C(=O)OCC)cc2)CC1. The largest absolute Gasteiger partial charge is 0.462 e. The summed E-state index contributed by atoms with van der Waals surface area (Å²) in [5, 5.41) is 0. The lowest BCUT2D eigenvalue weighted by Gasteiger charge is -2.38. The minimum atomic E-state index is -0.291. The van der Waals surface area contributed by atoms with Crippen molar-refractivity contribution in [2.45, 2.75) is 26.7 Å². The van der Waals surface area contributed by atoms with E-state index in [4.69, 9.17) is 16.2 Å². The second kappa shape index (κ2) is 8.77. The highest BCUT2D eigenvalue weighted by Gasteiger charge is 2.23. The van der Waals surface area contributed by atoms with Gasteiger partial charge in [-0.3, -0.25) is 0 Å². The molecule has 0 saturated carbocycles. The van der Waals surface area contributed by atoms with Crippen LogP contribution in [0.1, 0.15) is 36.3 Å². The van der Waals surface area contributed by atoms with Crippen LogP contribution in [-0.2, 0) is 11.2 Å². The van der Waals surface area contributed by atoms with Gasteiger partial charge in [-0.15, -0.1) is 0 Å². The lowest BCUT2D eigenvalue weighted by atomic mass is 10.1. The van der Waals surface area contributed by atoms with Gasteiger partial charge in [-0.25, -0.2) is 9.78 Å². The van der Waals surface area contributed by atoms with Gasteiger partial charge >= 0.3 is 5.97 Å². The number of nitrogens with two attached hydrogens (primary N) is 2. The van der Waals surface area contributed by atoms with Crippen LogP contribution in [0.25, 0.3) is 0 Å². The van der Waals surface area contributed by atoms with E-state index in [2.05, 4.69) is 26.7 Å². The second-order valence-corrected chi connectivity index (χ2v) is 6.75. The Morgan fingerprint density at radius 1 is 1.04 bits per heavy atom. The third kappa shape index (κ3) is 4.27. The van der Waals surface area contributed by atoms with Gasteiger partial charge in [0.1, 0.15) is 5.69 Å². The van der Waals surface area contributed by atoms with Gasteiger partial charge in [-0.05, 0) is 37.6 Å². The van der Waals surface area contributed by atoms with Crippen molar-refractivity contribution in [3.63, 3.8) is 0 Å². The molecule has 1 aromatic carbocycles. The first-order valence-corrected chi connectivity index (χ1v) is 9.72. The first-order chi connectivity index (χ1) is 13.5. The summed E-state index contributed by atoms with van der Waals surface area (Å²) in [5.41, 5.74) is 15.4. The molecule has 0 aliphatic carbocycles. The third-order valence-corrected chi connectivity index (χ3v) is 4.83. The van der Waals surface area contributed by atoms with Crippen molar-refractivity contribution in [3.8, 4) is 0 Å². The van der Waals surface area contributed by atoms with Gasteiger partial charge in [0.15, 0.2) is 5.82 Å². The first kappa shape index (κ1) is 19.7. The average Bonchev–Trinajstić information content (AvgIpc) is 2.68. The molecule has 8 nitrogen and oxygen atoms in total. The Bertz CT molecular complexity index is 816. The van der Waals surface area contributed by atoms with Gasteiger partial charge in [0.2, 0.25) is 5.95 Å². The zero-order chi connectivity index (χ0) is 20.1. The summed E-state index contributed by atoms with van der Waals surface area (Å²) in [4.78, 5) is 24.9. The number of carbonyl (C=O) groups excluding carboxylic acids is 1. The van der Waals surface area contributed by atoms with Crippen LogP contribution in [0.3, 0.4) is 0 Å².